The van der Waals surface area contributed by atoms with E-state index in [1.165, 1.54) is 4.68 Å². The highest BCUT2D eigenvalue weighted by Gasteiger charge is 2.21. The lowest BCUT2D eigenvalue weighted by atomic mass is 10.2. The Morgan fingerprint density at radius 1 is 1.39 bits per heavy atom. The minimum Gasteiger partial charge on any atom is -0.462 e. The topological polar surface area (TPSA) is 87.2 Å². The van der Waals surface area contributed by atoms with Crippen molar-refractivity contribution < 1.29 is 9.53 Å². The molecule has 0 atom stereocenters. The van der Waals surface area contributed by atoms with E-state index < -0.39 is 5.97 Å². The summed E-state index contributed by atoms with van der Waals surface area (Å²) in [6.45, 7) is 3.84. The summed E-state index contributed by atoms with van der Waals surface area (Å²) in [4.78, 5) is 25.2. The Morgan fingerprint density at radius 3 is 2.83 bits per heavy atom. The van der Waals surface area contributed by atoms with E-state index in [0.717, 1.165) is 16.9 Å². The zero-order chi connectivity index (χ0) is 16.6. The average molecular weight is 329 g/mol. The van der Waals surface area contributed by atoms with Crippen molar-refractivity contribution in [1.82, 2.24) is 9.78 Å². The van der Waals surface area contributed by atoms with Crippen LogP contribution in [-0.4, -0.2) is 22.4 Å². The summed E-state index contributed by atoms with van der Waals surface area (Å²) in [5.41, 5.74) is 7.12. The van der Waals surface area contributed by atoms with Crippen LogP contribution in [0.2, 0.25) is 0 Å². The molecule has 7 heteroatoms. The number of hydrogen-bond acceptors (Lipinski definition) is 6. The van der Waals surface area contributed by atoms with E-state index in [1.54, 1.807) is 18.4 Å². The molecule has 0 aliphatic heterocycles. The first-order chi connectivity index (χ1) is 11.0. The number of anilines is 1. The fraction of sp³-hybridized carbons (Fsp3) is 0.188. The fourth-order valence-corrected chi connectivity index (χ4v) is 3.33. The molecule has 0 aliphatic rings. The van der Waals surface area contributed by atoms with Gasteiger partial charge in [-0.1, -0.05) is 18.2 Å². The average Bonchev–Trinajstić information content (AvgIpc) is 2.98. The molecule has 118 valence electrons. The summed E-state index contributed by atoms with van der Waals surface area (Å²) >= 11 is 1.14. The Labute approximate surface area is 136 Å². The number of aromatic nitrogens is 2. The molecular weight excluding hydrogens is 314 g/mol. The second-order valence-corrected chi connectivity index (χ2v) is 5.84. The maximum Gasteiger partial charge on any atom is 0.349 e. The highest BCUT2D eigenvalue weighted by molar-refractivity contribution is 7.13. The van der Waals surface area contributed by atoms with Crippen LogP contribution in [0.25, 0.3) is 16.5 Å². The van der Waals surface area contributed by atoms with Crippen LogP contribution in [0.5, 0.6) is 0 Å². The monoisotopic (exact) mass is 329 g/mol. The SMILES string of the molecule is CCOC(=O)c1scc2c(N)nn(-c3ccccc3C)c(=O)c12. The van der Waals surface area contributed by atoms with Gasteiger partial charge in [-0.05, 0) is 25.5 Å². The molecule has 1 aromatic carbocycles. The van der Waals surface area contributed by atoms with E-state index in [1.807, 2.05) is 25.1 Å². The molecule has 3 rings (SSSR count). The zero-order valence-electron chi connectivity index (χ0n) is 12.7. The molecule has 0 fully saturated rings. The van der Waals surface area contributed by atoms with Crippen LogP contribution in [0.15, 0.2) is 34.4 Å². The largest absolute Gasteiger partial charge is 0.462 e. The van der Waals surface area contributed by atoms with E-state index in [9.17, 15) is 9.59 Å². The second-order valence-electron chi connectivity index (χ2n) is 4.96. The zero-order valence-corrected chi connectivity index (χ0v) is 13.5. The molecule has 0 radical (unpaired) electrons. The number of hydrogen-bond donors (Lipinski definition) is 1. The fourth-order valence-electron chi connectivity index (χ4n) is 2.38. The number of aryl methyl sites for hydroxylation is 1. The van der Waals surface area contributed by atoms with Gasteiger partial charge >= 0.3 is 5.97 Å². The number of esters is 1. The first-order valence-corrected chi connectivity index (χ1v) is 7.95. The summed E-state index contributed by atoms with van der Waals surface area (Å²) in [7, 11) is 0. The van der Waals surface area contributed by atoms with Gasteiger partial charge in [-0.2, -0.15) is 4.68 Å². The Kier molecular flexibility index (Phi) is 3.87. The van der Waals surface area contributed by atoms with E-state index in [0.29, 0.717) is 11.1 Å². The van der Waals surface area contributed by atoms with Crippen molar-refractivity contribution in [2.75, 3.05) is 12.3 Å². The standard InChI is InChI=1S/C16H15N3O3S/c1-3-22-16(21)13-12-10(8-23-13)14(17)18-19(15(12)20)11-7-5-4-6-9(11)2/h4-8H,3H2,1-2H3,(H2,17,18). The second kappa shape index (κ2) is 5.85. The lowest BCUT2D eigenvalue weighted by molar-refractivity contribution is 0.0534. The summed E-state index contributed by atoms with van der Waals surface area (Å²) in [5.74, 6) is -0.318. The van der Waals surface area contributed by atoms with Crippen molar-refractivity contribution in [2.45, 2.75) is 13.8 Å². The Balaban J connectivity index is 2.33. The highest BCUT2D eigenvalue weighted by atomic mass is 32.1. The maximum atomic E-state index is 12.9. The lowest BCUT2D eigenvalue weighted by Gasteiger charge is -2.09. The van der Waals surface area contributed by atoms with E-state index in [4.69, 9.17) is 10.5 Å². The Bertz CT molecular complexity index is 959. The van der Waals surface area contributed by atoms with Crippen LogP contribution in [-0.2, 0) is 4.74 Å². The lowest BCUT2D eigenvalue weighted by Crippen LogP contribution is -2.24. The number of carbonyl (C=O) groups excluding carboxylic acids is 1. The van der Waals surface area contributed by atoms with Crippen molar-refractivity contribution in [3.63, 3.8) is 0 Å². The highest BCUT2D eigenvalue weighted by Crippen LogP contribution is 2.27. The van der Waals surface area contributed by atoms with E-state index >= 15 is 0 Å². The number of carbonyl (C=O) groups is 1. The van der Waals surface area contributed by atoms with Gasteiger partial charge in [0.2, 0.25) is 0 Å². The number of nitrogens with two attached hydrogens (primary N) is 1. The molecule has 0 saturated carbocycles. The van der Waals surface area contributed by atoms with Gasteiger partial charge in [-0.3, -0.25) is 4.79 Å². The summed E-state index contributed by atoms with van der Waals surface area (Å²) in [6.07, 6.45) is 0. The van der Waals surface area contributed by atoms with E-state index in [-0.39, 0.29) is 28.2 Å². The van der Waals surface area contributed by atoms with Gasteiger partial charge in [0.05, 0.1) is 17.7 Å². The number of thiophene rings is 1. The smallest absolute Gasteiger partial charge is 0.349 e. The van der Waals surface area contributed by atoms with E-state index in [2.05, 4.69) is 5.10 Å². The quantitative estimate of drug-likeness (QED) is 0.746. The minimum atomic E-state index is -0.522. The van der Waals surface area contributed by atoms with Crippen molar-refractivity contribution in [3.05, 3.63) is 50.4 Å². The number of nitrogen functional groups attached to an aromatic ring is 1. The molecule has 6 nitrogen and oxygen atoms in total. The maximum absolute atomic E-state index is 12.9. The van der Waals surface area contributed by atoms with Gasteiger partial charge < -0.3 is 10.5 Å². The third-order valence-corrected chi connectivity index (χ3v) is 4.45. The van der Waals surface area contributed by atoms with Crippen molar-refractivity contribution in [3.8, 4) is 5.69 Å². The Morgan fingerprint density at radius 2 is 2.13 bits per heavy atom. The van der Waals surface area contributed by atoms with Crippen LogP contribution in [0.4, 0.5) is 5.82 Å². The normalized spacial score (nSPS) is 10.9. The summed E-state index contributed by atoms with van der Waals surface area (Å²) < 4.78 is 6.26. The van der Waals surface area contributed by atoms with Gasteiger partial charge in [-0.15, -0.1) is 16.4 Å². The molecule has 23 heavy (non-hydrogen) atoms. The van der Waals surface area contributed by atoms with Crippen molar-refractivity contribution >= 4 is 33.9 Å². The molecule has 2 heterocycles. The number of para-hydroxylation sites is 1. The first kappa shape index (κ1) is 15.2. The molecule has 2 aromatic heterocycles. The molecule has 3 aromatic rings. The van der Waals surface area contributed by atoms with Crippen LogP contribution < -0.4 is 11.3 Å². The number of fused-ring (bicyclic) bond motifs is 1. The van der Waals surface area contributed by atoms with Crippen molar-refractivity contribution in [1.29, 1.82) is 0 Å². The van der Waals surface area contributed by atoms with Gasteiger partial charge in [0.25, 0.3) is 5.56 Å². The van der Waals surface area contributed by atoms with Crippen molar-refractivity contribution in [2.24, 2.45) is 0 Å². The number of rotatable bonds is 3. The molecule has 0 aliphatic carbocycles. The third kappa shape index (κ3) is 2.49. The molecule has 2 N–H and O–H groups in total. The molecule has 0 unspecified atom stereocenters. The predicted molar refractivity (Wildman–Crippen MR) is 90.3 cm³/mol. The van der Waals surface area contributed by atoms with Gasteiger partial charge in [0, 0.05) is 10.8 Å². The molecule has 0 spiro atoms. The number of benzene rings is 1. The molecule has 0 amide bonds. The van der Waals surface area contributed by atoms with Gasteiger partial charge in [0.15, 0.2) is 5.82 Å². The Hall–Kier alpha value is -2.67. The molecule has 0 saturated heterocycles. The number of ether oxygens (including phenoxy) is 1. The third-order valence-electron chi connectivity index (χ3n) is 3.49. The van der Waals surface area contributed by atoms with Crippen LogP contribution in [0.3, 0.4) is 0 Å². The van der Waals surface area contributed by atoms with Crippen LogP contribution >= 0.6 is 11.3 Å². The van der Waals surface area contributed by atoms with Gasteiger partial charge in [0.1, 0.15) is 4.88 Å². The number of nitrogens with zero attached hydrogens (tertiary/aromatic N) is 2. The molecule has 0 bridgehead atoms. The van der Waals surface area contributed by atoms with Crippen LogP contribution in [0, 0.1) is 6.92 Å². The predicted octanol–water partition coefficient (Wildman–Crippen LogP) is 2.51. The van der Waals surface area contributed by atoms with Crippen LogP contribution in [0.1, 0.15) is 22.2 Å². The summed E-state index contributed by atoms with van der Waals surface area (Å²) in [6, 6.07) is 7.35. The summed E-state index contributed by atoms with van der Waals surface area (Å²) in [5, 5.41) is 6.58. The first-order valence-electron chi connectivity index (χ1n) is 7.07. The minimum absolute atomic E-state index is 0.203. The van der Waals surface area contributed by atoms with Gasteiger partial charge in [-0.25, -0.2) is 4.79 Å². The molecular formula is C16H15N3O3S.